The number of para-hydroxylation sites is 1. The van der Waals surface area contributed by atoms with Gasteiger partial charge in [0.05, 0.1) is 11.3 Å². The number of hydrogen-bond donors (Lipinski definition) is 3. The summed E-state index contributed by atoms with van der Waals surface area (Å²) in [5.74, 6) is -0.187. The number of aryl methyl sites for hydroxylation is 1. The van der Waals surface area contributed by atoms with Crippen LogP contribution in [0.1, 0.15) is 41.6 Å². The van der Waals surface area contributed by atoms with Crippen LogP contribution in [-0.2, 0) is 0 Å². The van der Waals surface area contributed by atoms with Crippen LogP contribution in [0.25, 0.3) is 0 Å². The Balaban J connectivity index is 1.87. The molecule has 0 atom stereocenters. The van der Waals surface area contributed by atoms with Gasteiger partial charge in [0.15, 0.2) is 0 Å². The van der Waals surface area contributed by atoms with E-state index in [9.17, 15) is 9.59 Å². The Hall–Kier alpha value is -2.04. The zero-order valence-electron chi connectivity index (χ0n) is 11.6. The molecule has 0 aliphatic heterocycles. The van der Waals surface area contributed by atoms with Crippen molar-refractivity contribution in [1.82, 2.24) is 5.32 Å². The molecule has 1 aliphatic rings. The average molecular weight is 276 g/mol. The average Bonchev–Trinajstić information content (AvgIpc) is 3.21. The maximum absolute atomic E-state index is 11.8. The lowest BCUT2D eigenvalue weighted by Gasteiger charge is -2.12. The highest BCUT2D eigenvalue weighted by atomic mass is 16.4. The smallest absolute Gasteiger partial charge is 0.337 e. The van der Waals surface area contributed by atoms with Gasteiger partial charge in [-0.3, -0.25) is 0 Å². The first kappa shape index (κ1) is 14.4. The van der Waals surface area contributed by atoms with Crippen LogP contribution in [0.4, 0.5) is 10.5 Å². The third kappa shape index (κ3) is 3.98. The van der Waals surface area contributed by atoms with Crippen LogP contribution in [0.5, 0.6) is 0 Å². The minimum atomic E-state index is -1.04. The van der Waals surface area contributed by atoms with Crippen LogP contribution in [0, 0.1) is 12.8 Å². The van der Waals surface area contributed by atoms with E-state index in [-0.39, 0.29) is 11.6 Å². The Morgan fingerprint density at radius 2 is 2.10 bits per heavy atom. The predicted octanol–water partition coefficient (Wildman–Crippen LogP) is 3.00. The molecule has 1 saturated carbocycles. The molecule has 20 heavy (non-hydrogen) atoms. The number of carboxylic acid groups (broad SMARTS) is 1. The predicted molar refractivity (Wildman–Crippen MR) is 77.1 cm³/mol. The summed E-state index contributed by atoms with van der Waals surface area (Å²) < 4.78 is 0. The summed E-state index contributed by atoms with van der Waals surface area (Å²) in [7, 11) is 0. The van der Waals surface area contributed by atoms with Gasteiger partial charge in [0.1, 0.15) is 0 Å². The van der Waals surface area contributed by atoms with E-state index in [4.69, 9.17) is 5.11 Å². The lowest BCUT2D eigenvalue weighted by Crippen LogP contribution is -2.30. The minimum Gasteiger partial charge on any atom is -0.478 e. The number of carboxylic acids is 1. The summed E-state index contributed by atoms with van der Waals surface area (Å²) in [5.41, 5.74) is 1.20. The lowest BCUT2D eigenvalue weighted by atomic mass is 10.1. The highest BCUT2D eigenvalue weighted by Crippen LogP contribution is 2.33. The fourth-order valence-corrected chi connectivity index (χ4v) is 2.17. The van der Waals surface area contributed by atoms with Crippen molar-refractivity contribution in [2.45, 2.75) is 32.6 Å². The van der Waals surface area contributed by atoms with Crippen molar-refractivity contribution in [3.8, 4) is 0 Å². The van der Waals surface area contributed by atoms with E-state index in [1.165, 1.54) is 18.9 Å². The zero-order valence-corrected chi connectivity index (χ0v) is 11.6. The maximum atomic E-state index is 11.8. The molecule has 0 spiro atoms. The van der Waals surface area contributed by atoms with Crippen molar-refractivity contribution in [2.75, 3.05) is 11.9 Å². The highest BCUT2D eigenvalue weighted by molar-refractivity contribution is 6.00. The quantitative estimate of drug-likeness (QED) is 0.699. The van der Waals surface area contributed by atoms with Gasteiger partial charge in [-0.15, -0.1) is 0 Å². The number of anilines is 1. The first-order valence-corrected chi connectivity index (χ1v) is 6.95. The maximum Gasteiger partial charge on any atom is 0.337 e. The number of carbonyl (C=O) groups is 2. The number of urea groups is 1. The van der Waals surface area contributed by atoms with Crippen molar-refractivity contribution in [3.63, 3.8) is 0 Å². The molecular formula is C15H20N2O3. The third-order valence-corrected chi connectivity index (χ3v) is 3.51. The highest BCUT2D eigenvalue weighted by Gasteiger charge is 2.20. The number of amides is 2. The summed E-state index contributed by atoms with van der Waals surface area (Å²) in [5, 5.41) is 14.5. The molecule has 2 amide bonds. The zero-order chi connectivity index (χ0) is 14.5. The molecule has 2 rings (SSSR count). The standard InChI is InChI=1S/C15H20N2O3/c1-10-4-2-6-12(14(18)19)13(10)17-15(20)16-9-3-5-11-7-8-11/h2,4,6,11H,3,5,7-9H2,1H3,(H,18,19)(H2,16,17,20). The van der Waals surface area contributed by atoms with Crippen molar-refractivity contribution in [2.24, 2.45) is 5.92 Å². The fraction of sp³-hybridized carbons (Fsp3) is 0.467. The first-order chi connectivity index (χ1) is 9.58. The third-order valence-electron chi connectivity index (χ3n) is 3.51. The first-order valence-electron chi connectivity index (χ1n) is 6.95. The molecule has 0 radical (unpaired) electrons. The van der Waals surface area contributed by atoms with E-state index < -0.39 is 5.97 Å². The van der Waals surface area contributed by atoms with Gasteiger partial charge in [0.2, 0.25) is 0 Å². The van der Waals surface area contributed by atoms with E-state index in [1.54, 1.807) is 19.1 Å². The molecule has 1 aromatic carbocycles. The van der Waals surface area contributed by atoms with Gasteiger partial charge in [-0.1, -0.05) is 25.0 Å². The van der Waals surface area contributed by atoms with E-state index in [0.717, 1.165) is 24.3 Å². The largest absolute Gasteiger partial charge is 0.478 e. The van der Waals surface area contributed by atoms with Crippen molar-refractivity contribution in [3.05, 3.63) is 29.3 Å². The van der Waals surface area contributed by atoms with Crippen LogP contribution >= 0.6 is 0 Å². The molecule has 0 bridgehead atoms. The fourth-order valence-electron chi connectivity index (χ4n) is 2.17. The molecule has 1 aromatic rings. The van der Waals surface area contributed by atoms with Gasteiger partial charge >= 0.3 is 12.0 Å². The summed E-state index contributed by atoms with van der Waals surface area (Å²) in [6.45, 7) is 2.39. The van der Waals surface area contributed by atoms with Crippen molar-refractivity contribution >= 4 is 17.7 Å². The molecule has 108 valence electrons. The number of benzene rings is 1. The summed E-state index contributed by atoms with van der Waals surface area (Å²) in [6.07, 6.45) is 4.76. The van der Waals surface area contributed by atoms with E-state index >= 15 is 0 Å². The van der Waals surface area contributed by atoms with Crippen molar-refractivity contribution in [1.29, 1.82) is 0 Å². The monoisotopic (exact) mass is 276 g/mol. The molecule has 0 aromatic heterocycles. The molecule has 0 saturated heterocycles. The Labute approximate surface area is 118 Å². The van der Waals surface area contributed by atoms with Crippen LogP contribution in [0.3, 0.4) is 0 Å². The Morgan fingerprint density at radius 1 is 1.35 bits per heavy atom. The minimum absolute atomic E-state index is 0.109. The summed E-state index contributed by atoms with van der Waals surface area (Å²) in [6, 6.07) is 4.57. The van der Waals surface area contributed by atoms with Gasteiger partial charge in [-0.05, 0) is 37.3 Å². The Bertz CT molecular complexity index is 510. The number of hydrogen-bond acceptors (Lipinski definition) is 2. The Morgan fingerprint density at radius 3 is 2.75 bits per heavy atom. The second-order valence-electron chi connectivity index (χ2n) is 5.27. The number of aromatic carboxylic acids is 1. The Kier molecular flexibility index (Phi) is 4.61. The van der Waals surface area contributed by atoms with Gasteiger partial charge in [0.25, 0.3) is 0 Å². The topological polar surface area (TPSA) is 78.4 Å². The SMILES string of the molecule is Cc1cccc(C(=O)O)c1NC(=O)NCCCC1CC1. The summed E-state index contributed by atoms with van der Waals surface area (Å²) in [4.78, 5) is 22.9. The van der Waals surface area contributed by atoms with Gasteiger partial charge in [0, 0.05) is 6.54 Å². The normalized spacial score (nSPS) is 13.8. The summed E-state index contributed by atoms with van der Waals surface area (Å²) >= 11 is 0. The van der Waals surface area contributed by atoms with Crippen LogP contribution < -0.4 is 10.6 Å². The van der Waals surface area contributed by atoms with Gasteiger partial charge < -0.3 is 15.7 Å². The van der Waals surface area contributed by atoms with E-state index in [2.05, 4.69) is 10.6 Å². The number of nitrogens with one attached hydrogen (secondary N) is 2. The van der Waals surface area contributed by atoms with Gasteiger partial charge in [-0.25, -0.2) is 9.59 Å². The lowest BCUT2D eigenvalue weighted by molar-refractivity contribution is 0.0698. The molecule has 1 fully saturated rings. The van der Waals surface area contributed by atoms with Crippen molar-refractivity contribution < 1.29 is 14.7 Å². The molecule has 0 heterocycles. The van der Waals surface area contributed by atoms with Crippen LogP contribution in [0.15, 0.2) is 18.2 Å². The molecule has 0 unspecified atom stereocenters. The number of carbonyl (C=O) groups excluding carboxylic acids is 1. The molecule has 5 nitrogen and oxygen atoms in total. The second-order valence-corrected chi connectivity index (χ2v) is 5.27. The van der Waals surface area contributed by atoms with Crippen LogP contribution in [-0.4, -0.2) is 23.7 Å². The molecule has 1 aliphatic carbocycles. The van der Waals surface area contributed by atoms with E-state index in [0.29, 0.717) is 12.2 Å². The number of rotatable bonds is 6. The van der Waals surface area contributed by atoms with Crippen LogP contribution in [0.2, 0.25) is 0 Å². The van der Waals surface area contributed by atoms with E-state index in [1.807, 2.05) is 0 Å². The molecular weight excluding hydrogens is 256 g/mol. The molecule has 3 N–H and O–H groups in total. The van der Waals surface area contributed by atoms with Gasteiger partial charge in [-0.2, -0.15) is 0 Å². The molecule has 5 heteroatoms. The second kappa shape index (κ2) is 6.41.